The molecule has 0 aliphatic heterocycles. The predicted octanol–water partition coefficient (Wildman–Crippen LogP) is 4.92. The minimum Gasteiger partial charge on any atom is -0.322 e. The number of aryl methyl sites for hydroxylation is 1. The molecule has 0 aliphatic carbocycles. The van der Waals surface area contributed by atoms with Crippen LogP contribution in [0.2, 0.25) is 0 Å². The van der Waals surface area contributed by atoms with Crippen LogP contribution in [0.4, 0.5) is 18.9 Å². The average Bonchev–Trinajstić information content (AvgIpc) is 2.99. The lowest BCUT2D eigenvalue weighted by molar-refractivity contribution is -0.137. The minimum absolute atomic E-state index is 0.194. The van der Waals surface area contributed by atoms with Gasteiger partial charge in [0.1, 0.15) is 0 Å². The first kappa shape index (κ1) is 19.1. The molecule has 2 heterocycles. The normalized spacial score (nSPS) is 11.5. The molecule has 9 heteroatoms. The molecule has 0 spiro atoms. The Labute approximate surface area is 161 Å². The lowest BCUT2D eigenvalue weighted by Gasteiger charge is -2.09. The smallest absolute Gasteiger partial charge is 0.322 e. The summed E-state index contributed by atoms with van der Waals surface area (Å²) < 4.78 is 40.2. The number of hydrogen-bond donors (Lipinski definition) is 1. The Balaban J connectivity index is 1.84. The first-order valence-electron chi connectivity index (χ1n) is 7.82. The molecule has 1 aromatic carbocycles. The number of aromatic nitrogens is 3. The zero-order valence-corrected chi connectivity index (χ0v) is 15.9. The molecule has 5 nitrogen and oxygen atoms in total. The van der Waals surface area contributed by atoms with Crippen molar-refractivity contribution in [3.63, 3.8) is 0 Å². The van der Waals surface area contributed by atoms with Crippen molar-refractivity contribution in [3.8, 4) is 5.82 Å². The summed E-state index contributed by atoms with van der Waals surface area (Å²) in [6.07, 6.45) is -2.37. The van der Waals surface area contributed by atoms with E-state index >= 15 is 0 Å². The van der Waals surface area contributed by atoms with Crippen LogP contribution in [0.1, 0.15) is 27.2 Å². The Morgan fingerprint density at radius 3 is 2.48 bits per heavy atom. The Bertz CT molecular complexity index is 997. The van der Waals surface area contributed by atoms with Crippen LogP contribution in [0.3, 0.4) is 0 Å². The van der Waals surface area contributed by atoms with Gasteiger partial charge in [-0.25, -0.2) is 9.67 Å². The summed E-state index contributed by atoms with van der Waals surface area (Å²) >= 11 is 3.40. The van der Waals surface area contributed by atoms with Gasteiger partial charge in [-0.2, -0.15) is 18.3 Å². The van der Waals surface area contributed by atoms with Crippen molar-refractivity contribution in [3.05, 3.63) is 69.6 Å². The number of anilines is 1. The lowest BCUT2D eigenvalue weighted by Crippen LogP contribution is -2.13. The summed E-state index contributed by atoms with van der Waals surface area (Å²) in [6.45, 7) is 3.55. The van der Waals surface area contributed by atoms with E-state index in [2.05, 4.69) is 31.3 Å². The Kier molecular flexibility index (Phi) is 5.05. The van der Waals surface area contributed by atoms with Gasteiger partial charge in [0.2, 0.25) is 0 Å². The van der Waals surface area contributed by atoms with Gasteiger partial charge in [-0.05, 0) is 49.7 Å². The maximum absolute atomic E-state index is 12.7. The zero-order valence-electron chi connectivity index (χ0n) is 14.3. The molecule has 0 fully saturated rings. The topological polar surface area (TPSA) is 59.8 Å². The fourth-order valence-corrected chi connectivity index (χ4v) is 2.71. The molecule has 0 aliphatic rings. The number of carbonyl (C=O) groups is 1. The van der Waals surface area contributed by atoms with Crippen LogP contribution in [0.15, 0.2) is 47.2 Å². The van der Waals surface area contributed by atoms with Gasteiger partial charge in [-0.15, -0.1) is 0 Å². The fraction of sp³-hybridized carbons (Fsp3) is 0.167. The molecule has 27 heavy (non-hydrogen) atoms. The maximum Gasteiger partial charge on any atom is 0.417 e. The third-order valence-electron chi connectivity index (χ3n) is 3.96. The van der Waals surface area contributed by atoms with E-state index in [1.807, 2.05) is 19.1 Å². The number of halogens is 4. The van der Waals surface area contributed by atoms with Crippen LogP contribution < -0.4 is 5.32 Å². The first-order chi connectivity index (χ1) is 12.7. The van der Waals surface area contributed by atoms with E-state index in [4.69, 9.17) is 0 Å². The van der Waals surface area contributed by atoms with Gasteiger partial charge in [0.15, 0.2) is 5.82 Å². The van der Waals surface area contributed by atoms with E-state index in [1.165, 1.54) is 16.9 Å². The molecule has 1 amide bonds. The number of hydrogen-bond acceptors (Lipinski definition) is 3. The number of rotatable bonds is 3. The molecular weight excluding hydrogens is 425 g/mol. The monoisotopic (exact) mass is 438 g/mol. The molecule has 2 aromatic heterocycles. The summed E-state index contributed by atoms with van der Waals surface area (Å²) in [5, 5.41) is 6.86. The number of benzene rings is 1. The van der Waals surface area contributed by atoms with Gasteiger partial charge in [0.05, 0.1) is 23.0 Å². The number of amides is 1. The first-order valence-corrected chi connectivity index (χ1v) is 8.62. The molecule has 140 valence electrons. The molecule has 0 unspecified atom stereocenters. The number of nitrogens with one attached hydrogen (secondary N) is 1. The van der Waals surface area contributed by atoms with E-state index in [-0.39, 0.29) is 11.7 Å². The second-order valence-electron chi connectivity index (χ2n) is 5.88. The number of alkyl halides is 3. The Hall–Kier alpha value is -2.68. The fourth-order valence-electron chi connectivity index (χ4n) is 2.46. The van der Waals surface area contributed by atoms with E-state index in [9.17, 15) is 18.0 Å². The van der Waals surface area contributed by atoms with Crippen molar-refractivity contribution in [2.24, 2.45) is 0 Å². The quantitative estimate of drug-likeness (QED) is 0.631. The number of nitrogens with zero attached hydrogens (tertiary/aromatic N) is 3. The Morgan fingerprint density at radius 1 is 1.15 bits per heavy atom. The summed E-state index contributed by atoms with van der Waals surface area (Å²) in [5.41, 5.74) is 1.51. The molecule has 0 radical (unpaired) electrons. The van der Waals surface area contributed by atoms with Gasteiger partial charge in [-0.1, -0.05) is 15.9 Å². The van der Waals surface area contributed by atoms with Crippen LogP contribution >= 0.6 is 15.9 Å². The van der Waals surface area contributed by atoms with Crippen LogP contribution in [0.25, 0.3) is 5.82 Å². The van der Waals surface area contributed by atoms with Gasteiger partial charge in [0, 0.05) is 16.4 Å². The van der Waals surface area contributed by atoms with E-state index in [1.54, 1.807) is 13.0 Å². The van der Waals surface area contributed by atoms with Gasteiger partial charge in [-0.3, -0.25) is 4.79 Å². The highest BCUT2D eigenvalue weighted by atomic mass is 79.9. The van der Waals surface area contributed by atoms with Crippen molar-refractivity contribution in [2.45, 2.75) is 20.0 Å². The molecule has 0 saturated carbocycles. The molecule has 0 saturated heterocycles. The lowest BCUT2D eigenvalue weighted by atomic mass is 10.2. The molecule has 1 N–H and O–H groups in total. The van der Waals surface area contributed by atoms with Gasteiger partial charge in [0.25, 0.3) is 5.91 Å². The van der Waals surface area contributed by atoms with E-state index in [0.29, 0.717) is 16.9 Å². The highest BCUT2D eigenvalue weighted by Gasteiger charge is 2.30. The molecule has 0 bridgehead atoms. The SMILES string of the molecule is Cc1cc(NC(=O)c2cnn(-c3ccc(C(F)(F)F)cn3)c2C)ccc1Br. The summed E-state index contributed by atoms with van der Waals surface area (Å²) in [7, 11) is 0. The van der Waals surface area contributed by atoms with Crippen LogP contribution in [0, 0.1) is 13.8 Å². The summed E-state index contributed by atoms with van der Waals surface area (Å²) in [6, 6.07) is 7.54. The van der Waals surface area contributed by atoms with Crippen molar-refractivity contribution in [2.75, 3.05) is 5.32 Å². The van der Waals surface area contributed by atoms with Crippen molar-refractivity contribution in [1.82, 2.24) is 14.8 Å². The molecule has 0 atom stereocenters. The van der Waals surface area contributed by atoms with Crippen molar-refractivity contribution >= 4 is 27.5 Å². The van der Waals surface area contributed by atoms with Gasteiger partial charge < -0.3 is 5.32 Å². The third kappa shape index (κ3) is 4.02. The Morgan fingerprint density at radius 2 is 1.89 bits per heavy atom. The number of pyridine rings is 1. The standard InChI is InChI=1S/C18H14BrF3N4O/c1-10-7-13(4-5-15(10)19)25-17(27)14-9-24-26(11(14)2)16-6-3-12(8-23-16)18(20,21)22/h3-9H,1-2H3,(H,25,27). The molecular formula is C18H14BrF3N4O. The largest absolute Gasteiger partial charge is 0.417 e. The minimum atomic E-state index is -4.46. The second kappa shape index (κ2) is 7.15. The molecule has 3 rings (SSSR count). The van der Waals surface area contributed by atoms with Crippen molar-refractivity contribution < 1.29 is 18.0 Å². The predicted molar refractivity (Wildman–Crippen MR) is 97.9 cm³/mol. The zero-order chi connectivity index (χ0) is 19.8. The molecule has 3 aromatic rings. The highest BCUT2D eigenvalue weighted by molar-refractivity contribution is 9.10. The van der Waals surface area contributed by atoms with Crippen LogP contribution in [0.5, 0.6) is 0 Å². The maximum atomic E-state index is 12.7. The van der Waals surface area contributed by atoms with Crippen molar-refractivity contribution in [1.29, 1.82) is 0 Å². The number of carbonyl (C=O) groups excluding carboxylic acids is 1. The average molecular weight is 439 g/mol. The summed E-state index contributed by atoms with van der Waals surface area (Å²) in [4.78, 5) is 16.3. The summed E-state index contributed by atoms with van der Waals surface area (Å²) in [5.74, 6) is -0.175. The van der Waals surface area contributed by atoms with Gasteiger partial charge >= 0.3 is 6.18 Å². The van der Waals surface area contributed by atoms with E-state index < -0.39 is 11.7 Å². The van der Waals surface area contributed by atoms with Crippen LogP contribution in [-0.4, -0.2) is 20.7 Å². The van der Waals surface area contributed by atoms with E-state index in [0.717, 1.165) is 22.3 Å². The van der Waals surface area contributed by atoms with Crippen LogP contribution in [-0.2, 0) is 6.18 Å². The second-order valence-corrected chi connectivity index (χ2v) is 6.73. The third-order valence-corrected chi connectivity index (χ3v) is 4.85. The highest BCUT2D eigenvalue weighted by Crippen LogP contribution is 2.29.